The molecule has 8 nitrogen and oxygen atoms in total. The van der Waals surface area contributed by atoms with E-state index in [0.717, 1.165) is 30.5 Å². The lowest BCUT2D eigenvalue weighted by Crippen LogP contribution is -2.27. The highest BCUT2D eigenvalue weighted by Gasteiger charge is 2.21. The molecule has 0 saturated carbocycles. The highest BCUT2D eigenvalue weighted by atomic mass is 32.2. The van der Waals surface area contributed by atoms with Crippen molar-refractivity contribution in [2.24, 2.45) is 0 Å². The number of nitrogens with one attached hydrogen (secondary N) is 3. The number of anilines is 3. The molecule has 1 heterocycles. The molecule has 0 spiro atoms. The van der Waals surface area contributed by atoms with Gasteiger partial charge < -0.3 is 10.6 Å². The van der Waals surface area contributed by atoms with E-state index in [2.05, 4.69) is 22.3 Å². The number of urea groups is 1. The average Bonchev–Trinajstić information content (AvgIpc) is 3.30. The maximum absolute atomic E-state index is 12.9. The Labute approximate surface area is 205 Å². The molecule has 3 aromatic rings. The minimum Gasteiger partial charge on any atom is -0.336 e. The van der Waals surface area contributed by atoms with Crippen molar-refractivity contribution in [3.05, 3.63) is 83.9 Å². The van der Waals surface area contributed by atoms with Crippen LogP contribution in [0.3, 0.4) is 0 Å². The van der Waals surface area contributed by atoms with Crippen LogP contribution in [-0.4, -0.2) is 33.4 Å². The highest BCUT2D eigenvalue weighted by Crippen LogP contribution is 2.22. The fourth-order valence-electron chi connectivity index (χ4n) is 3.78. The van der Waals surface area contributed by atoms with E-state index >= 15 is 0 Å². The second-order valence-electron chi connectivity index (χ2n) is 8.32. The summed E-state index contributed by atoms with van der Waals surface area (Å²) in [5.41, 5.74) is 3.10. The first kappa shape index (κ1) is 24.3. The smallest absolute Gasteiger partial charge is 0.321 e. The predicted octanol–water partition coefficient (Wildman–Crippen LogP) is 4.61. The number of aryl methyl sites for hydroxylation is 1. The van der Waals surface area contributed by atoms with Crippen LogP contribution in [-0.2, 0) is 16.4 Å². The summed E-state index contributed by atoms with van der Waals surface area (Å²) >= 11 is 0. The molecule has 1 aliphatic rings. The van der Waals surface area contributed by atoms with Crippen molar-refractivity contribution in [3.63, 3.8) is 0 Å². The summed E-state index contributed by atoms with van der Waals surface area (Å²) in [5, 5.41) is 5.51. The summed E-state index contributed by atoms with van der Waals surface area (Å²) in [6.45, 7) is 3.31. The second-order valence-corrected chi connectivity index (χ2v) is 10.0. The Hall–Kier alpha value is -3.85. The maximum atomic E-state index is 12.9. The van der Waals surface area contributed by atoms with Crippen LogP contribution < -0.4 is 20.3 Å². The monoisotopic (exact) mass is 492 g/mol. The van der Waals surface area contributed by atoms with Gasteiger partial charge in [0, 0.05) is 35.7 Å². The molecule has 0 aliphatic carbocycles. The van der Waals surface area contributed by atoms with Gasteiger partial charge in [0.05, 0.1) is 4.90 Å². The molecular weight excluding hydrogens is 464 g/mol. The first-order chi connectivity index (χ1) is 16.9. The van der Waals surface area contributed by atoms with Crippen LogP contribution in [0.4, 0.5) is 21.9 Å². The Kier molecular flexibility index (Phi) is 7.36. The number of carbonyl (C=O) groups is 2. The minimum absolute atomic E-state index is 0.00407. The van der Waals surface area contributed by atoms with Gasteiger partial charge in [-0.15, -0.1) is 0 Å². The molecule has 1 aliphatic heterocycles. The fourth-order valence-corrected chi connectivity index (χ4v) is 4.89. The van der Waals surface area contributed by atoms with Crippen LogP contribution in [0.5, 0.6) is 0 Å². The van der Waals surface area contributed by atoms with E-state index in [1.165, 1.54) is 18.2 Å². The van der Waals surface area contributed by atoms with E-state index in [-0.39, 0.29) is 16.5 Å². The molecule has 0 unspecified atom stereocenters. The van der Waals surface area contributed by atoms with Gasteiger partial charge in [0.1, 0.15) is 0 Å². The first-order valence-corrected chi connectivity index (χ1v) is 13.0. The SMILES string of the molecule is CCCCc1ccc(NS(=O)(=O)c2cccc(C(=O)Nc3ccc(N4CCNC4=O)cc3)c2)cc1. The summed E-state index contributed by atoms with van der Waals surface area (Å²) in [6.07, 6.45) is 3.14. The molecule has 182 valence electrons. The Morgan fingerprint density at radius 2 is 1.71 bits per heavy atom. The largest absolute Gasteiger partial charge is 0.336 e. The Morgan fingerprint density at radius 1 is 1.00 bits per heavy atom. The third-order valence-corrected chi connectivity index (χ3v) is 7.10. The second kappa shape index (κ2) is 10.6. The van der Waals surface area contributed by atoms with Crippen molar-refractivity contribution in [1.82, 2.24) is 5.32 Å². The number of hydrogen-bond donors (Lipinski definition) is 3. The summed E-state index contributed by atoms with van der Waals surface area (Å²) in [5.74, 6) is -0.436. The normalized spacial score (nSPS) is 13.4. The van der Waals surface area contributed by atoms with E-state index in [0.29, 0.717) is 24.5 Å². The molecule has 4 rings (SSSR count). The third kappa shape index (κ3) is 5.99. The van der Waals surface area contributed by atoms with Gasteiger partial charge in [-0.2, -0.15) is 0 Å². The van der Waals surface area contributed by atoms with Crippen molar-refractivity contribution in [2.45, 2.75) is 31.1 Å². The molecule has 3 aromatic carbocycles. The van der Waals surface area contributed by atoms with Crippen molar-refractivity contribution in [1.29, 1.82) is 0 Å². The van der Waals surface area contributed by atoms with Crippen molar-refractivity contribution in [3.8, 4) is 0 Å². The summed E-state index contributed by atoms with van der Waals surface area (Å²) in [4.78, 5) is 26.2. The van der Waals surface area contributed by atoms with Gasteiger partial charge in [0.25, 0.3) is 15.9 Å². The highest BCUT2D eigenvalue weighted by molar-refractivity contribution is 7.92. The topological polar surface area (TPSA) is 108 Å². The van der Waals surface area contributed by atoms with E-state index in [1.807, 2.05) is 12.1 Å². The summed E-state index contributed by atoms with van der Waals surface area (Å²) in [6, 6.07) is 19.9. The van der Waals surface area contributed by atoms with Crippen LogP contribution in [0.25, 0.3) is 0 Å². The van der Waals surface area contributed by atoms with Gasteiger partial charge in [-0.3, -0.25) is 14.4 Å². The predicted molar refractivity (Wildman–Crippen MR) is 137 cm³/mol. The van der Waals surface area contributed by atoms with Crippen molar-refractivity contribution in [2.75, 3.05) is 28.0 Å². The molecule has 0 bridgehead atoms. The lowest BCUT2D eigenvalue weighted by Gasteiger charge is -2.15. The zero-order valence-electron chi connectivity index (χ0n) is 19.5. The minimum atomic E-state index is -3.87. The van der Waals surface area contributed by atoms with Crippen molar-refractivity contribution < 1.29 is 18.0 Å². The molecule has 1 saturated heterocycles. The van der Waals surface area contributed by atoms with E-state index in [1.54, 1.807) is 47.4 Å². The van der Waals surface area contributed by atoms with Crippen molar-refractivity contribution >= 4 is 39.0 Å². The first-order valence-electron chi connectivity index (χ1n) is 11.5. The quantitative estimate of drug-likeness (QED) is 0.405. The van der Waals surface area contributed by atoms with E-state index in [9.17, 15) is 18.0 Å². The number of amides is 3. The number of hydrogen-bond acceptors (Lipinski definition) is 4. The van der Waals surface area contributed by atoms with Crippen LogP contribution in [0.2, 0.25) is 0 Å². The van der Waals surface area contributed by atoms with Crippen LogP contribution in [0.15, 0.2) is 77.7 Å². The Morgan fingerprint density at radius 3 is 2.37 bits per heavy atom. The molecule has 0 radical (unpaired) electrons. The third-order valence-electron chi connectivity index (χ3n) is 5.73. The van der Waals surface area contributed by atoms with E-state index < -0.39 is 15.9 Å². The van der Waals surface area contributed by atoms with Gasteiger partial charge in [-0.05, 0) is 73.0 Å². The fraction of sp³-hybridized carbons (Fsp3) is 0.231. The lowest BCUT2D eigenvalue weighted by atomic mass is 10.1. The Balaban J connectivity index is 1.43. The van der Waals surface area contributed by atoms with Gasteiger partial charge in [-0.1, -0.05) is 31.5 Å². The molecule has 0 aromatic heterocycles. The lowest BCUT2D eigenvalue weighted by molar-refractivity contribution is 0.102. The van der Waals surface area contributed by atoms with Crippen LogP contribution in [0.1, 0.15) is 35.7 Å². The Bertz CT molecular complexity index is 1310. The van der Waals surface area contributed by atoms with E-state index in [4.69, 9.17) is 0 Å². The summed E-state index contributed by atoms with van der Waals surface area (Å²) in [7, 11) is -3.87. The molecule has 0 atom stereocenters. The number of benzene rings is 3. The number of nitrogens with zero attached hydrogens (tertiary/aromatic N) is 1. The van der Waals surface area contributed by atoms with Gasteiger partial charge in [0.2, 0.25) is 0 Å². The molecule has 1 fully saturated rings. The molecule has 3 amide bonds. The van der Waals surface area contributed by atoms with Gasteiger partial charge in [0.15, 0.2) is 0 Å². The molecular formula is C26H28N4O4S. The zero-order valence-corrected chi connectivity index (χ0v) is 20.3. The standard InChI is InChI=1S/C26H28N4O4S/c1-2-3-5-19-8-10-22(11-9-19)29-35(33,34)24-7-4-6-20(18-24)25(31)28-21-12-14-23(15-13-21)30-17-16-27-26(30)32/h4,6-15,18,29H,2-3,5,16-17H2,1H3,(H,27,32)(H,28,31). The maximum Gasteiger partial charge on any atom is 0.321 e. The van der Waals surface area contributed by atoms with Gasteiger partial charge in [-0.25, -0.2) is 13.2 Å². The summed E-state index contributed by atoms with van der Waals surface area (Å²) < 4.78 is 28.4. The molecule has 9 heteroatoms. The number of sulfonamides is 1. The number of rotatable bonds is 9. The van der Waals surface area contributed by atoms with Gasteiger partial charge >= 0.3 is 6.03 Å². The average molecular weight is 493 g/mol. The molecule has 3 N–H and O–H groups in total. The number of unbranched alkanes of at least 4 members (excludes halogenated alkanes) is 1. The molecule has 35 heavy (non-hydrogen) atoms. The zero-order chi connectivity index (χ0) is 24.8. The van der Waals surface area contributed by atoms with Crippen LogP contribution in [0, 0.1) is 0 Å². The van der Waals surface area contributed by atoms with Crippen LogP contribution >= 0.6 is 0 Å². The number of carbonyl (C=O) groups excluding carboxylic acids is 2.